The number of hydrogen-bond acceptors (Lipinski definition) is 4. The lowest BCUT2D eigenvalue weighted by Gasteiger charge is -2.21. The fraction of sp³-hybridized carbons (Fsp3) is 0.462. The van der Waals surface area contributed by atoms with Crippen LogP contribution in [0.15, 0.2) is 23.1 Å². The fourth-order valence-electron chi connectivity index (χ4n) is 1.65. The minimum atomic E-state index is -3.80. The Morgan fingerprint density at radius 1 is 1.43 bits per heavy atom. The van der Waals surface area contributed by atoms with Crippen molar-refractivity contribution in [2.75, 3.05) is 13.7 Å². The minimum Gasteiger partial charge on any atom is -0.478 e. The van der Waals surface area contributed by atoms with Crippen LogP contribution < -0.4 is 4.72 Å². The number of hydrogen-bond donors (Lipinski definition) is 2. The lowest BCUT2D eigenvalue weighted by atomic mass is 10.1. The first kappa shape index (κ1) is 17.9. The molecule has 2 N–H and O–H groups in total. The van der Waals surface area contributed by atoms with E-state index in [2.05, 4.69) is 4.72 Å². The average molecular weight is 336 g/mol. The number of sulfonamides is 1. The molecule has 118 valence electrons. The maximum absolute atomic E-state index is 12.3. The Bertz CT molecular complexity index is 615. The number of carboxylic acid groups (broad SMARTS) is 1. The van der Waals surface area contributed by atoms with Crippen molar-refractivity contribution in [3.05, 3.63) is 28.8 Å². The number of benzene rings is 1. The lowest BCUT2D eigenvalue weighted by molar-refractivity contribution is 0.0697. The number of halogens is 1. The van der Waals surface area contributed by atoms with Crippen LogP contribution in [0.3, 0.4) is 0 Å². The van der Waals surface area contributed by atoms with E-state index in [0.717, 1.165) is 6.07 Å². The molecule has 0 fully saturated rings. The number of aromatic carboxylic acids is 1. The topological polar surface area (TPSA) is 92.7 Å². The molecule has 1 aromatic rings. The van der Waals surface area contributed by atoms with Gasteiger partial charge in [-0.3, -0.25) is 0 Å². The Kier molecular flexibility index (Phi) is 6.15. The molecule has 0 radical (unpaired) electrons. The number of ether oxygens (including phenoxy) is 1. The second-order valence-electron chi connectivity index (χ2n) is 4.87. The summed E-state index contributed by atoms with van der Waals surface area (Å²) in [6.07, 6.45) is 0. The van der Waals surface area contributed by atoms with Crippen LogP contribution in [0.5, 0.6) is 0 Å². The van der Waals surface area contributed by atoms with Crippen LogP contribution in [0.25, 0.3) is 0 Å². The average Bonchev–Trinajstić information content (AvgIpc) is 2.37. The highest BCUT2D eigenvalue weighted by Crippen LogP contribution is 2.21. The van der Waals surface area contributed by atoms with Gasteiger partial charge in [0.05, 0.1) is 22.1 Å². The summed E-state index contributed by atoms with van der Waals surface area (Å²) in [5, 5.41) is 8.75. The van der Waals surface area contributed by atoms with E-state index in [0.29, 0.717) is 0 Å². The molecule has 0 saturated carbocycles. The zero-order valence-corrected chi connectivity index (χ0v) is 13.5. The summed E-state index contributed by atoms with van der Waals surface area (Å²) in [5.41, 5.74) is -0.145. The molecule has 0 aromatic heterocycles. The molecule has 0 aliphatic carbocycles. The molecule has 0 amide bonds. The molecule has 0 spiro atoms. The van der Waals surface area contributed by atoms with Gasteiger partial charge in [0.1, 0.15) is 0 Å². The maximum atomic E-state index is 12.3. The van der Waals surface area contributed by atoms with E-state index >= 15 is 0 Å². The fourth-order valence-corrected chi connectivity index (χ4v) is 3.37. The van der Waals surface area contributed by atoms with Crippen LogP contribution in [0.1, 0.15) is 24.2 Å². The second-order valence-corrected chi connectivity index (χ2v) is 7.00. The largest absolute Gasteiger partial charge is 0.478 e. The molecule has 0 heterocycles. The maximum Gasteiger partial charge on any atom is 0.337 e. The van der Waals surface area contributed by atoms with Crippen molar-refractivity contribution in [1.82, 2.24) is 4.72 Å². The molecule has 0 aliphatic heterocycles. The number of methoxy groups -OCH3 is 1. The molecule has 1 aromatic carbocycles. The number of carboxylic acids is 1. The molecular weight excluding hydrogens is 318 g/mol. The quantitative estimate of drug-likeness (QED) is 0.795. The van der Waals surface area contributed by atoms with Crippen LogP contribution in [0, 0.1) is 5.92 Å². The van der Waals surface area contributed by atoms with Crippen molar-refractivity contribution in [1.29, 1.82) is 0 Å². The monoisotopic (exact) mass is 335 g/mol. The van der Waals surface area contributed by atoms with Crippen LogP contribution in [0.4, 0.5) is 0 Å². The van der Waals surface area contributed by atoms with Crippen LogP contribution in [0.2, 0.25) is 5.02 Å². The van der Waals surface area contributed by atoms with Gasteiger partial charge in [0.25, 0.3) is 0 Å². The van der Waals surface area contributed by atoms with Gasteiger partial charge in [-0.2, -0.15) is 0 Å². The predicted molar refractivity (Wildman–Crippen MR) is 79.2 cm³/mol. The molecule has 0 bridgehead atoms. The van der Waals surface area contributed by atoms with Gasteiger partial charge in [-0.25, -0.2) is 17.9 Å². The summed E-state index contributed by atoms with van der Waals surface area (Å²) < 4.78 is 32.1. The van der Waals surface area contributed by atoms with Gasteiger partial charge in [0.2, 0.25) is 10.0 Å². The van der Waals surface area contributed by atoms with E-state index < -0.39 is 22.0 Å². The smallest absolute Gasteiger partial charge is 0.337 e. The van der Waals surface area contributed by atoms with Gasteiger partial charge in [0, 0.05) is 13.2 Å². The third-order valence-corrected chi connectivity index (χ3v) is 4.74. The van der Waals surface area contributed by atoms with Crippen LogP contribution >= 0.6 is 11.6 Å². The van der Waals surface area contributed by atoms with Gasteiger partial charge >= 0.3 is 5.97 Å². The van der Waals surface area contributed by atoms with E-state index in [1.165, 1.54) is 19.2 Å². The van der Waals surface area contributed by atoms with Crippen LogP contribution in [-0.4, -0.2) is 39.3 Å². The first-order valence-corrected chi connectivity index (χ1v) is 8.09. The predicted octanol–water partition coefficient (Wildman–Crippen LogP) is 1.99. The Hall–Kier alpha value is -1.15. The molecule has 0 aliphatic rings. The summed E-state index contributed by atoms with van der Waals surface area (Å²) in [5.74, 6) is -1.18. The first-order valence-electron chi connectivity index (χ1n) is 6.23. The number of nitrogens with one attached hydrogen (secondary N) is 1. The standard InChI is InChI=1S/C13H18ClNO5S/c1-8(2)12(7-20-3)15-21(18,19)9-4-5-10(13(16)17)11(14)6-9/h4-6,8,12,15H,7H2,1-3H3,(H,16,17). The Morgan fingerprint density at radius 3 is 2.48 bits per heavy atom. The van der Waals surface area contributed by atoms with Crippen molar-refractivity contribution >= 4 is 27.6 Å². The normalized spacial score (nSPS) is 13.4. The highest BCUT2D eigenvalue weighted by atomic mass is 35.5. The Labute approximate surface area is 129 Å². The second kappa shape index (κ2) is 7.22. The van der Waals surface area contributed by atoms with Crippen molar-refractivity contribution in [3.8, 4) is 0 Å². The number of carbonyl (C=O) groups is 1. The van der Waals surface area contributed by atoms with E-state index in [1.807, 2.05) is 13.8 Å². The third-order valence-electron chi connectivity index (χ3n) is 2.94. The lowest BCUT2D eigenvalue weighted by Crippen LogP contribution is -2.41. The van der Waals surface area contributed by atoms with E-state index in [1.54, 1.807) is 0 Å². The SMILES string of the molecule is COCC(NS(=O)(=O)c1ccc(C(=O)O)c(Cl)c1)C(C)C. The van der Waals surface area contributed by atoms with Gasteiger partial charge in [0.15, 0.2) is 0 Å². The molecule has 1 unspecified atom stereocenters. The van der Waals surface area contributed by atoms with Crippen molar-refractivity contribution in [2.45, 2.75) is 24.8 Å². The minimum absolute atomic E-state index is 0.0356. The zero-order chi connectivity index (χ0) is 16.2. The molecule has 1 rings (SSSR count). The first-order chi connectivity index (χ1) is 9.69. The summed E-state index contributed by atoms with van der Waals surface area (Å²) in [6, 6.07) is 3.11. The van der Waals surface area contributed by atoms with E-state index in [9.17, 15) is 13.2 Å². The molecule has 6 nitrogen and oxygen atoms in total. The van der Waals surface area contributed by atoms with Crippen molar-refractivity contribution < 1.29 is 23.1 Å². The molecule has 1 atom stereocenters. The van der Waals surface area contributed by atoms with Gasteiger partial charge < -0.3 is 9.84 Å². The number of rotatable bonds is 7. The molecule has 21 heavy (non-hydrogen) atoms. The molecule has 0 saturated heterocycles. The van der Waals surface area contributed by atoms with Crippen LogP contribution in [-0.2, 0) is 14.8 Å². The van der Waals surface area contributed by atoms with E-state index in [4.69, 9.17) is 21.4 Å². The summed E-state index contributed by atoms with van der Waals surface area (Å²) >= 11 is 5.79. The van der Waals surface area contributed by atoms with Crippen molar-refractivity contribution in [2.24, 2.45) is 5.92 Å². The van der Waals surface area contributed by atoms with Gasteiger partial charge in [-0.05, 0) is 24.1 Å². The highest BCUT2D eigenvalue weighted by Gasteiger charge is 2.23. The summed E-state index contributed by atoms with van der Waals surface area (Å²) in [6.45, 7) is 3.97. The Morgan fingerprint density at radius 2 is 2.05 bits per heavy atom. The molecular formula is C13H18ClNO5S. The van der Waals surface area contributed by atoms with E-state index in [-0.39, 0.29) is 28.0 Å². The summed E-state index contributed by atoms with van der Waals surface area (Å²) in [4.78, 5) is 10.8. The Balaban J connectivity index is 3.08. The third kappa shape index (κ3) is 4.67. The van der Waals surface area contributed by atoms with Gasteiger partial charge in [-0.15, -0.1) is 0 Å². The summed E-state index contributed by atoms with van der Waals surface area (Å²) in [7, 11) is -2.31. The van der Waals surface area contributed by atoms with Crippen molar-refractivity contribution in [3.63, 3.8) is 0 Å². The molecule has 8 heteroatoms. The highest BCUT2D eigenvalue weighted by molar-refractivity contribution is 7.89. The zero-order valence-electron chi connectivity index (χ0n) is 12.0. The van der Waals surface area contributed by atoms with Gasteiger partial charge in [-0.1, -0.05) is 25.4 Å².